The summed E-state index contributed by atoms with van der Waals surface area (Å²) in [6.45, 7) is 8.70. The summed E-state index contributed by atoms with van der Waals surface area (Å²) in [5.74, 6) is 1.56. The number of hydrogen-bond acceptors (Lipinski definition) is 3. The van der Waals surface area contributed by atoms with Crippen LogP contribution in [0.5, 0.6) is 5.75 Å². The number of nitrogens with two attached hydrogens (primary N) is 1. The number of amides is 1. The molecule has 0 fully saturated rings. The number of hydrogen-bond donors (Lipinski definition) is 3. The summed E-state index contributed by atoms with van der Waals surface area (Å²) in [5.41, 5.74) is 6.23. The number of nitrogens with one attached hydrogen (secondary N) is 2. The first kappa shape index (κ1) is 22.5. The van der Waals surface area contributed by atoms with Gasteiger partial charge in [-0.2, -0.15) is 0 Å². The molecular formula is C17H29IN4O2. The number of nitrogens with zero attached hydrogens (tertiary/aromatic N) is 1. The van der Waals surface area contributed by atoms with Gasteiger partial charge in [-0.3, -0.25) is 9.79 Å². The smallest absolute Gasteiger partial charge is 0.255 e. The van der Waals surface area contributed by atoms with E-state index < -0.39 is 5.91 Å². The second-order valence-electron chi connectivity index (χ2n) is 5.69. The lowest BCUT2D eigenvalue weighted by molar-refractivity contribution is -0.119. The molecule has 0 aromatic heterocycles. The van der Waals surface area contributed by atoms with Gasteiger partial charge in [-0.1, -0.05) is 26.0 Å². The number of benzene rings is 1. The third-order valence-electron chi connectivity index (χ3n) is 2.97. The highest BCUT2D eigenvalue weighted by Gasteiger charge is 2.01. The first-order chi connectivity index (χ1) is 11.0. The normalized spacial score (nSPS) is 10.9. The predicted molar refractivity (Wildman–Crippen MR) is 109 cm³/mol. The molecule has 0 saturated carbocycles. The molecule has 4 N–H and O–H groups in total. The zero-order chi connectivity index (χ0) is 17.1. The lowest BCUT2D eigenvalue weighted by Gasteiger charge is -2.12. The van der Waals surface area contributed by atoms with Crippen molar-refractivity contribution in [1.82, 2.24) is 10.6 Å². The van der Waals surface area contributed by atoms with Crippen LogP contribution in [0.3, 0.4) is 0 Å². The van der Waals surface area contributed by atoms with E-state index in [4.69, 9.17) is 10.5 Å². The fourth-order valence-corrected chi connectivity index (χ4v) is 1.85. The molecule has 1 amide bonds. The lowest BCUT2D eigenvalue weighted by Crippen LogP contribution is -2.38. The van der Waals surface area contributed by atoms with Crippen molar-refractivity contribution in [3.63, 3.8) is 0 Å². The molecule has 0 saturated heterocycles. The van der Waals surface area contributed by atoms with Crippen LogP contribution in [0.25, 0.3) is 0 Å². The zero-order valence-electron chi connectivity index (χ0n) is 14.7. The van der Waals surface area contributed by atoms with Gasteiger partial charge >= 0.3 is 0 Å². The predicted octanol–water partition coefficient (Wildman–Crippen LogP) is 1.92. The molecular weight excluding hydrogens is 419 g/mol. The van der Waals surface area contributed by atoms with Gasteiger partial charge in [-0.05, 0) is 37.0 Å². The fourth-order valence-electron chi connectivity index (χ4n) is 1.85. The van der Waals surface area contributed by atoms with E-state index in [9.17, 15) is 4.79 Å². The highest BCUT2D eigenvalue weighted by Crippen LogP contribution is 2.12. The topological polar surface area (TPSA) is 88.7 Å². The number of guanidine groups is 1. The van der Waals surface area contributed by atoms with Crippen molar-refractivity contribution in [2.24, 2.45) is 16.6 Å². The Bertz CT molecular complexity index is 504. The summed E-state index contributed by atoms with van der Waals surface area (Å²) in [6.07, 6.45) is 0.877. The van der Waals surface area contributed by atoms with Crippen LogP contribution in [0.15, 0.2) is 29.3 Å². The monoisotopic (exact) mass is 448 g/mol. The molecule has 0 heterocycles. The van der Waals surface area contributed by atoms with Crippen molar-refractivity contribution in [2.75, 3.05) is 26.2 Å². The van der Waals surface area contributed by atoms with Crippen LogP contribution in [-0.4, -0.2) is 38.1 Å². The van der Waals surface area contributed by atoms with Gasteiger partial charge < -0.3 is 21.1 Å². The van der Waals surface area contributed by atoms with Crippen LogP contribution < -0.4 is 21.1 Å². The van der Waals surface area contributed by atoms with Gasteiger partial charge in [0.15, 0.2) is 12.6 Å². The molecule has 1 aromatic rings. The van der Waals surface area contributed by atoms with Gasteiger partial charge in [-0.25, -0.2) is 0 Å². The summed E-state index contributed by atoms with van der Waals surface area (Å²) < 4.78 is 5.23. The third-order valence-corrected chi connectivity index (χ3v) is 2.97. The average molecular weight is 448 g/mol. The third kappa shape index (κ3) is 10.3. The number of ether oxygens (including phenoxy) is 1. The van der Waals surface area contributed by atoms with E-state index in [0.717, 1.165) is 32.0 Å². The minimum atomic E-state index is -0.477. The van der Waals surface area contributed by atoms with E-state index in [0.29, 0.717) is 11.7 Å². The molecule has 7 heteroatoms. The number of carbonyl (C=O) groups excluding carboxylic acids is 1. The Labute approximate surface area is 161 Å². The second-order valence-corrected chi connectivity index (χ2v) is 5.69. The highest BCUT2D eigenvalue weighted by atomic mass is 127. The van der Waals surface area contributed by atoms with Gasteiger partial charge in [0.25, 0.3) is 5.91 Å². The van der Waals surface area contributed by atoms with E-state index >= 15 is 0 Å². The van der Waals surface area contributed by atoms with E-state index in [1.54, 1.807) is 0 Å². The van der Waals surface area contributed by atoms with Crippen molar-refractivity contribution >= 4 is 35.8 Å². The summed E-state index contributed by atoms with van der Waals surface area (Å²) in [7, 11) is 0. The Kier molecular flexibility index (Phi) is 12.0. The average Bonchev–Trinajstić information content (AvgIpc) is 2.51. The number of aliphatic imine (C=N–C) groups is 1. The molecule has 0 aliphatic carbocycles. The molecule has 0 unspecified atom stereocenters. The Morgan fingerprint density at radius 3 is 2.46 bits per heavy atom. The maximum Gasteiger partial charge on any atom is 0.255 e. The molecule has 0 aliphatic heterocycles. The first-order valence-corrected chi connectivity index (χ1v) is 8.03. The van der Waals surface area contributed by atoms with Crippen molar-refractivity contribution in [3.8, 4) is 5.75 Å². The van der Waals surface area contributed by atoms with Crippen LogP contribution >= 0.6 is 24.0 Å². The summed E-state index contributed by atoms with van der Waals surface area (Å²) in [4.78, 5) is 15.2. The molecule has 0 bridgehead atoms. The highest BCUT2D eigenvalue weighted by molar-refractivity contribution is 14.0. The van der Waals surface area contributed by atoms with Crippen LogP contribution in [0.1, 0.15) is 26.3 Å². The van der Waals surface area contributed by atoms with Crippen molar-refractivity contribution in [1.29, 1.82) is 0 Å². The van der Waals surface area contributed by atoms with E-state index in [1.165, 1.54) is 5.56 Å². The van der Waals surface area contributed by atoms with E-state index in [2.05, 4.69) is 36.4 Å². The van der Waals surface area contributed by atoms with E-state index in [-0.39, 0.29) is 30.6 Å². The molecule has 6 nitrogen and oxygen atoms in total. The number of carbonyl (C=O) groups is 1. The molecule has 1 aromatic carbocycles. The molecule has 0 radical (unpaired) electrons. The molecule has 0 atom stereocenters. The summed E-state index contributed by atoms with van der Waals surface area (Å²) >= 11 is 0. The fraction of sp³-hybridized carbons (Fsp3) is 0.529. The van der Waals surface area contributed by atoms with Gasteiger partial charge in [-0.15, -0.1) is 24.0 Å². The SMILES string of the molecule is CCNC(=NCC(C)C)NCCc1ccc(OCC(N)=O)cc1.I. The zero-order valence-corrected chi connectivity index (χ0v) is 17.0. The Hall–Kier alpha value is -1.51. The maximum absolute atomic E-state index is 10.7. The number of rotatable bonds is 9. The van der Waals surface area contributed by atoms with Crippen LogP contribution in [0, 0.1) is 5.92 Å². The van der Waals surface area contributed by atoms with Gasteiger partial charge in [0.2, 0.25) is 0 Å². The van der Waals surface area contributed by atoms with Gasteiger partial charge in [0.1, 0.15) is 5.75 Å². The van der Waals surface area contributed by atoms with Crippen LogP contribution in [0.4, 0.5) is 0 Å². The minimum Gasteiger partial charge on any atom is -0.484 e. The van der Waals surface area contributed by atoms with E-state index in [1.807, 2.05) is 24.3 Å². The van der Waals surface area contributed by atoms with Crippen molar-refractivity contribution in [2.45, 2.75) is 27.2 Å². The summed E-state index contributed by atoms with van der Waals surface area (Å²) in [5, 5.41) is 6.56. The van der Waals surface area contributed by atoms with Crippen LogP contribution in [-0.2, 0) is 11.2 Å². The molecule has 1 rings (SSSR count). The first-order valence-electron chi connectivity index (χ1n) is 8.03. The van der Waals surface area contributed by atoms with Gasteiger partial charge in [0.05, 0.1) is 0 Å². The molecule has 24 heavy (non-hydrogen) atoms. The minimum absolute atomic E-state index is 0. The maximum atomic E-state index is 10.7. The molecule has 0 aliphatic rings. The molecule has 136 valence electrons. The lowest BCUT2D eigenvalue weighted by atomic mass is 10.1. The van der Waals surface area contributed by atoms with Crippen LogP contribution in [0.2, 0.25) is 0 Å². The second kappa shape index (κ2) is 12.9. The Morgan fingerprint density at radius 1 is 1.25 bits per heavy atom. The summed E-state index contributed by atoms with van der Waals surface area (Å²) in [6, 6.07) is 7.65. The quantitative estimate of drug-likeness (QED) is 0.306. The number of halogens is 1. The van der Waals surface area contributed by atoms with Gasteiger partial charge in [0, 0.05) is 19.6 Å². The number of primary amides is 1. The van der Waals surface area contributed by atoms with Crippen molar-refractivity contribution in [3.05, 3.63) is 29.8 Å². The van der Waals surface area contributed by atoms with Crippen molar-refractivity contribution < 1.29 is 9.53 Å². The standard InChI is InChI=1S/C17H28N4O2.HI/c1-4-19-17(21-11-13(2)3)20-10-9-14-5-7-15(8-6-14)23-12-16(18)22;/h5-8,13H,4,9-12H2,1-3H3,(H2,18,22)(H2,19,20,21);1H. The Balaban J connectivity index is 0.00000529. The molecule has 0 spiro atoms. The Morgan fingerprint density at radius 2 is 1.92 bits per heavy atom. The largest absolute Gasteiger partial charge is 0.484 e.